The first-order valence-corrected chi connectivity index (χ1v) is 7.02. The van der Waals surface area contributed by atoms with Crippen molar-refractivity contribution in [2.24, 2.45) is 0 Å². The monoisotopic (exact) mass is 279 g/mol. The van der Waals surface area contributed by atoms with Gasteiger partial charge in [0.2, 0.25) is 0 Å². The first kappa shape index (κ1) is 13.6. The van der Waals surface area contributed by atoms with Gasteiger partial charge in [-0.05, 0) is 23.6 Å². The molecule has 2 heterocycles. The van der Waals surface area contributed by atoms with Gasteiger partial charge in [0, 0.05) is 31.9 Å². The van der Waals surface area contributed by atoms with Gasteiger partial charge < -0.3 is 5.32 Å². The van der Waals surface area contributed by atoms with Crippen molar-refractivity contribution in [3.63, 3.8) is 0 Å². The van der Waals surface area contributed by atoms with Crippen LogP contribution in [0.3, 0.4) is 0 Å². The van der Waals surface area contributed by atoms with Crippen LogP contribution in [0.5, 0.6) is 0 Å². The van der Waals surface area contributed by atoms with Crippen LogP contribution in [0.2, 0.25) is 0 Å². The number of nitrogens with zero attached hydrogens (tertiary/aromatic N) is 2. The zero-order valence-electron chi connectivity index (χ0n) is 12.0. The van der Waals surface area contributed by atoms with Crippen LogP contribution in [0, 0.1) is 6.92 Å². The molecule has 1 aliphatic heterocycles. The van der Waals surface area contributed by atoms with Gasteiger partial charge in [0.15, 0.2) is 5.78 Å². The number of nitrogens with one attached hydrogen (secondary N) is 1. The number of Topliss-reactive ketones (excluding diaryl/α,β-unsaturated/α-hetero) is 1. The molecule has 1 aliphatic rings. The third-order valence-corrected chi connectivity index (χ3v) is 3.52. The Morgan fingerprint density at radius 1 is 1.19 bits per heavy atom. The van der Waals surface area contributed by atoms with Crippen molar-refractivity contribution in [1.82, 2.24) is 15.3 Å². The van der Waals surface area contributed by atoms with Gasteiger partial charge >= 0.3 is 0 Å². The summed E-state index contributed by atoms with van der Waals surface area (Å²) in [5, 5.41) is 3.22. The predicted molar refractivity (Wildman–Crippen MR) is 82.1 cm³/mol. The first-order chi connectivity index (χ1) is 10.2. The van der Waals surface area contributed by atoms with Crippen molar-refractivity contribution in [2.45, 2.75) is 13.3 Å². The van der Waals surface area contributed by atoms with Gasteiger partial charge in [-0.25, -0.2) is 9.97 Å². The highest BCUT2D eigenvalue weighted by molar-refractivity contribution is 5.96. The molecule has 106 valence electrons. The molecule has 3 rings (SSSR count). The fourth-order valence-corrected chi connectivity index (χ4v) is 2.16. The van der Waals surface area contributed by atoms with Gasteiger partial charge in [-0.15, -0.1) is 0 Å². The van der Waals surface area contributed by atoms with E-state index in [0.717, 1.165) is 18.7 Å². The Morgan fingerprint density at radius 2 is 1.86 bits per heavy atom. The lowest BCUT2D eigenvalue weighted by molar-refractivity contribution is 0.0992. The average Bonchev–Trinajstić information content (AvgIpc) is 2.45. The van der Waals surface area contributed by atoms with Crippen molar-refractivity contribution < 1.29 is 4.79 Å². The number of ketones is 1. The molecule has 1 aromatic carbocycles. The highest BCUT2D eigenvalue weighted by Gasteiger charge is 2.09. The van der Waals surface area contributed by atoms with Crippen molar-refractivity contribution in [3.05, 3.63) is 64.7 Å². The fraction of sp³-hybridized carbons (Fsp3) is 0.235. The topological polar surface area (TPSA) is 54.9 Å². The molecule has 1 saturated heterocycles. The second kappa shape index (κ2) is 5.97. The van der Waals surface area contributed by atoms with E-state index in [1.807, 2.05) is 12.1 Å². The highest BCUT2D eigenvalue weighted by Crippen LogP contribution is 2.13. The number of rotatable bonds is 4. The lowest BCUT2D eigenvalue weighted by Crippen LogP contribution is -2.33. The Balaban J connectivity index is 1.67. The van der Waals surface area contributed by atoms with E-state index in [1.54, 1.807) is 19.3 Å². The summed E-state index contributed by atoms with van der Waals surface area (Å²) in [6.45, 7) is 3.76. The average molecular weight is 279 g/mol. The van der Waals surface area contributed by atoms with Crippen LogP contribution in [0.25, 0.3) is 6.08 Å². The van der Waals surface area contributed by atoms with Gasteiger partial charge in [0.25, 0.3) is 0 Å². The number of benzene rings is 1. The number of hydrogen-bond donors (Lipinski definition) is 1. The molecule has 0 aliphatic carbocycles. The molecule has 21 heavy (non-hydrogen) atoms. The van der Waals surface area contributed by atoms with Gasteiger partial charge in [0.1, 0.15) is 5.82 Å². The van der Waals surface area contributed by atoms with E-state index in [2.05, 4.69) is 33.5 Å². The molecule has 1 aromatic heterocycles. The lowest BCUT2D eigenvalue weighted by Gasteiger charge is -2.18. The Labute approximate surface area is 123 Å². The summed E-state index contributed by atoms with van der Waals surface area (Å²) in [5.74, 6) is 0.721. The van der Waals surface area contributed by atoms with E-state index in [9.17, 15) is 4.79 Å². The van der Waals surface area contributed by atoms with Crippen LogP contribution in [-0.4, -0.2) is 28.8 Å². The SMILES string of the molecule is Cc1ncc(C(=O)Cc2ccc(C=C3CNC3)cc2)cn1. The molecule has 4 nitrogen and oxygen atoms in total. The lowest BCUT2D eigenvalue weighted by atomic mass is 10.0. The zero-order valence-corrected chi connectivity index (χ0v) is 12.0. The first-order valence-electron chi connectivity index (χ1n) is 7.02. The molecule has 0 atom stereocenters. The smallest absolute Gasteiger partial charge is 0.170 e. The zero-order chi connectivity index (χ0) is 14.7. The summed E-state index contributed by atoms with van der Waals surface area (Å²) >= 11 is 0. The maximum atomic E-state index is 12.1. The molecule has 0 saturated carbocycles. The minimum absolute atomic E-state index is 0.0456. The van der Waals surface area contributed by atoms with E-state index in [1.165, 1.54) is 11.1 Å². The second-order valence-electron chi connectivity index (χ2n) is 5.27. The van der Waals surface area contributed by atoms with E-state index < -0.39 is 0 Å². The highest BCUT2D eigenvalue weighted by atomic mass is 16.1. The Kier molecular flexibility index (Phi) is 3.88. The fourth-order valence-electron chi connectivity index (χ4n) is 2.16. The summed E-state index contributed by atoms with van der Waals surface area (Å²) in [6, 6.07) is 8.12. The molecule has 1 N–H and O–H groups in total. The number of hydrogen-bond acceptors (Lipinski definition) is 4. The molecule has 0 spiro atoms. The standard InChI is InChI=1S/C17H17N3O/c1-12-19-10-16(11-20-12)17(21)7-14-4-2-13(3-5-14)6-15-8-18-9-15/h2-6,10-11,18H,7-9H2,1H3. The maximum absolute atomic E-state index is 12.1. The van der Waals surface area contributed by atoms with Crippen LogP contribution in [-0.2, 0) is 6.42 Å². The van der Waals surface area contributed by atoms with Crippen LogP contribution in [0.1, 0.15) is 27.3 Å². The molecular weight excluding hydrogens is 262 g/mol. The molecule has 0 radical (unpaired) electrons. The third-order valence-electron chi connectivity index (χ3n) is 3.52. The van der Waals surface area contributed by atoms with E-state index in [4.69, 9.17) is 0 Å². The van der Waals surface area contributed by atoms with Gasteiger partial charge in [-0.3, -0.25) is 4.79 Å². The van der Waals surface area contributed by atoms with Crippen LogP contribution >= 0.6 is 0 Å². The van der Waals surface area contributed by atoms with Crippen LogP contribution in [0.15, 0.2) is 42.2 Å². The van der Waals surface area contributed by atoms with Crippen molar-refractivity contribution in [1.29, 1.82) is 0 Å². The Bertz CT molecular complexity index is 666. The summed E-state index contributed by atoms with van der Waals surface area (Å²) < 4.78 is 0. The molecule has 2 aromatic rings. The van der Waals surface area contributed by atoms with Crippen molar-refractivity contribution >= 4 is 11.9 Å². The second-order valence-corrected chi connectivity index (χ2v) is 5.27. The van der Waals surface area contributed by atoms with E-state index >= 15 is 0 Å². The van der Waals surface area contributed by atoms with Crippen LogP contribution in [0.4, 0.5) is 0 Å². The predicted octanol–water partition coefficient (Wildman–Crippen LogP) is 2.20. The molecule has 4 heteroatoms. The van der Waals surface area contributed by atoms with Gasteiger partial charge in [0.05, 0.1) is 5.56 Å². The van der Waals surface area contributed by atoms with Crippen LogP contribution < -0.4 is 5.32 Å². The Morgan fingerprint density at radius 3 is 2.43 bits per heavy atom. The minimum atomic E-state index is 0.0456. The number of aryl methyl sites for hydroxylation is 1. The number of aromatic nitrogens is 2. The molecular formula is C17H17N3O. The van der Waals surface area contributed by atoms with E-state index in [-0.39, 0.29) is 5.78 Å². The molecule has 0 amide bonds. The molecule has 1 fully saturated rings. The quantitative estimate of drug-likeness (QED) is 0.872. The van der Waals surface area contributed by atoms with Gasteiger partial charge in [-0.1, -0.05) is 30.3 Å². The largest absolute Gasteiger partial charge is 0.309 e. The van der Waals surface area contributed by atoms with Crippen molar-refractivity contribution in [2.75, 3.05) is 13.1 Å². The Hall–Kier alpha value is -2.33. The third kappa shape index (κ3) is 3.41. The summed E-state index contributed by atoms with van der Waals surface area (Å²) in [4.78, 5) is 20.3. The number of carbonyl (C=O) groups excluding carboxylic acids is 1. The summed E-state index contributed by atoms with van der Waals surface area (Å²) in [5.41, 5.74) is 4.17. The normalized spacial score (nSPS) is 13.7. The minimum Gasteiger partial charge on any atom is -0.309 e. The molecule has 0 unspecified atom stereocenters. The van der Waals surface area contributed by atoms with E-state index in [0.29, 0.717) is 17.8 Å². The van der Waals surface area contributed by atoms with Gasteiger partial charge in [-0.2, -0.15) is 0 Å². The number of carbonyl (C=O) groups is 1. The molecule has 0 bridgehead atoms. The summed E-state index contributed by atoms with van der Waals surface area (Å²) in [7, 11) is 0. The summed E-state index contributed by atoms with van der Waals surface area (Å²) in [6.07, 6.45) is 5.75. The maximum Gasteiger partial charge on any atom is 0.170 e. The van der Waals surface area contributed by atoms with Crippen molar-refractivity contribution in [3.8, 4) is 0 Å².